The molecule has 2 aromatic heterocycles. The number of halogens is 1. The molecule has 17 heavy (non-hydrogen) atoms. The van der Waals surface area contributed by atoms with E-state index in [1.165, 1.54) is 0 Å². The molecule has 0 radical (unpaired) electrons. The number of aromatic nitrogens is 4. The van der Waals surface area contributed by atoms with E-state index in [0.29, 0.717) is 5.15 Å². The van der Waals surface area contributed by atoms with Crippen molar-refractivity contribution >= 4 is 11.6 Å². The largest absolute Gasteiger partial charge is 0.275 e. The molecule has 5 heteroatoms. The quantitative estimate of drug-likeness (QED) is 0.787. The zero-order chi connectivity index (χ0) is 12.4. The number of hydrogen-bond donors (Lipinski definition) is 0. The molecule has 0 fully saturated rings. The van der Waals surface area contributed by atoms with Crippen LogP contribution in [-0.4, -0.2) is 19.7 Å². The lowest BCUT2D eigenvalue weighted by Crippen LogP contribution is -2.00. The summed E-state index contributed by atoms with van der Waals surface area (Å²) in [4.78, 5) is 8.84. The highest BCUT2D eigenvalue weighted by Crippen LogP contribution is 2.25. The molecular formula is C12H15ClN4. The van der Waals surface area contributed by atoms with Crippen molar-refractivity contribution in [3.63, 3.8) is 0 Å². The van der Waals surface area contributed by atoms with Crippen LogP contribution in [0.2, 0.25) is 5.15 Å². The summed E-state index contributed by atoms with van der Waals surface area (Å²) in [5.74, 6) is 0.793. The summed E-state index contributed by atoms with van der Waals surface area (Å²) >= 11 is 6.13. The highest BCUT2D eigenvalue weighted by Gasteiger charge is 2.12. The van der Waals surface area contributed by atoms with Crippen molar-refractivity contribution in [3.8, 4) is 11.3 Å². The molecule has 0 spiro atoms. The van der Waals surface area contributed by atoms with Crippen LogP contribution in [0.3, 0.4) is 0 Å². The Morgan fingerprint density at radius 1 is 1.35 bits per heavy atom. The Bertz CT molecular complexity index is 533. The van der Waals surface area contributed by atoms with E-state index in [4.69, 9.17) is 11.6 Å². The van der Waals surface area contributed by atoms with E-state index in [-0.39, 0.29) is 0 Å². The molecular weight excluding hydrogens is 236 g/mol. The molecule has 0 atom stereocenters. The van der Waals surface area contributed by atoms with E-state index in [1.807, 2.05) is 20.2 Å². The van der Waals surface area contributed by atoms with Gasteiger partial charge in [0.25, 0.3) is 0 Å². The zero-order valence-electron chi connectivity index (χ0n) is 10.2. The molecule has 0 amide bonds. The summed E-state index contributed by atoms with van der Waals surface area (Å²) in [7, 11) is 1.88. The lowest BCUT2D eigenvalue weighted by atomic mass is 10.1. The van der Waals surface area contributed by atoms with E-state index < -0.39 is 0 Å². The lowest BCUT2D eigenvalue weighted by molar-refractivity contribution is 0.768. The van der Waals surface area contributed by atoms with Gasteiger partial charge in [-0.15, -0.1) is 0 Å². The van der Waals surface area contributed by atoms with Gasteiger partial charge in [-0.2, -0.15) is 5.10 Å². The van der Waals surface area contributed by atoms with Crippen molar-refractivity contribution in [1.82, 2.24) is 19.7 Å². The first kappa shape index (κ1) is 12.0. The van der Waals surface area contributed by atoms with Crippen LogP contribution in [0.25, 0.3) is 11.3 Å². The highest BCUT2D eigenvalue weighted by atomic mass is 35.5. The number of nitrogens with zero attached hydrogens (tertiary/aromatic N) is 4. The lowest BCUT2D eigenvalue weighted by Gasteiger charge is -2.07. The van der Waals surface area contributed by atoms with Gasteiger partial charge >= 0.3 is 0 Å². The normalized spacial score (nSPS) is 10.8. The Morgan fingerprint density at radius 3 is 2.71 bits per heavy atom. The molecule has 0 unspecified atom stereocenters. The Labute approximate surface area is 106 Å². The van der Waals surface area contributed by atoms with Gasteiger partial charge in [-0.1, -0.05) is 18.5 Å². The standard InChI is InChI=1S/C12H15ClN4/c1-4-5-10-15-11(8(2)12(13)16-10)9-6-14-17(3)7-9/h6-7H,4-5H2,1-3H3. The maximum Gasteiger partial charge on any atom is 0.136 e. The molecule has 2 heterocycles. The first-order chi connectivity index (χ1) is 8.11. The van der Waals surface area contributed by atoms with Crippen molar-refractivity contribution in [3.05, 3.63) is 28.9 Å². The van der Waals surface area contributed by atoms with Crippen LogP contribution in [0.5, 0.6) is 0 Å². The molecule has 0 aromatic carbocycles. The molecule has 90 valence electrons. The summed E-state index contributed by atoms with van der Waals surface area (Å²) in [6, 6.07) is 0. The third-order valence-corrected chi connectivity index (χ3v) is 2.95. The summed E-state index contributed by atoms with van der Waals surface area (Å²) in [5.41, 5.74) is 2.76. The molecule has 0 aliphatic carbocycles. The summed E-state index contributed by atoms with van der Waals surface area (Å²) in [5, 5.41) is 4.68. The minimum Gasteiger partial charge on any atom is -0.275 e. The average molecular weight is 251 g/mol. The van der Waals surface area contributed by atoms with Gasteiger partial charge in [-0.25, -0.2) is 9.97 Å². The predicted molar refractivity (Wildman–Crippen MR) is 68.0 cm³/mol. The highest BCUT2D eigenvalue weighted by molar-refractivity contribution is 6.30. The second-order valence-electron chi connectivity index (χ2n) is 4.06. The van der Waals surface area contributed by atoms with Gasteiger partial charge in [0.15, 0.2) is 0 Å². The maximum atomic E-state index is 6.13. The van der Waals surface area contributed by atoms with E-state index in [0.717, 1.165) is 35.5 Å². The van der Waals surface area contributed by atoms with Crippen molar-refractivity contribution in [2.24, 2.45) is 7.05 Å². The third kappa shape index (κ3) is 2.47. The van der Waals surface area contributed by atoms with Gasteiger partial charge in [0, 0.05) is 30.8 Å². The monoisotopic (exact) mass is 250 g/mol. The van der Waals surface area contributed by atoms with E-state index in [2.05, 4.69) is 22.0 Å². The third-order valence-electron chi connectivity index (χ3n) is 2.58. The van der Waals surface area contributed by atoms with E-state index in [1.54, 1.807) is 10.9 Å². The first-order valence-electron chi connectivity index (χ1n) is 5.64. The zero-order valence-corrected chi connectivity index (χ0v) is 11.0. The molecule has 0 bridgehead atoms. The summed E-state index contributed by atoms with van der Waals surface area (Å²) < 4.78 is 1.75. The Hall–Kier alpha value is -1.42. The van der Waals surface area contributed by atoms with Crippen LogP contribution in [0, 0.1) is 6.92 Å². The molecule has 0 aliphatic rings. The van der Waals surface area contributed by atoms with Gasteiger partial charge in [0.2, 0.25) is 0 Å². The van der Waals surface area contributed by atoms with E-state index in [9.17, 15) is 0 Å². The smallest absolute Gasteiger partial charge is 0.136 e. The Balaban J connectivity index is 2.52. The molecule has 0 aliphatic heterocycles. The van der Waals surface area contributed by atoms with Crippen LogP contribution in [0.4, 0.5) is 0 Å². The molecule has 2 rings (SSSR count). The second-order valence-corrected chi connectivity index (χ2v) is 4.41. The Morgan fingerprint density at radius 2 is 2.12 bits per heavy atom. The van der Waals surface area contributed by atoms with E-state index >= 15 is 0 Å². The van der Waals surface area contributed by atoms with Gasteiger partial charge in [0.05, 0.1) is 11.9 Å². The van der Waals surface area contributed by atoms with Crippen molar-refractivity contribution in [2.75, 3.05) is 0 Å². The molecule has 2 aromatic rings. The van der Waals surface area contributed by atoms with Crippen LogP contribution in [0.1, 0.15) is 24.7 Å². The number of aryl methyl sites for hydroxylation is 2. The summed E-state index contributed by atoms with van der Waals surface area (Å²) in [6.07, 6.45) is 5.57. The fraction of sp³-hybridized carbons (Fsp3) is 0.417. The van der Waals surface area contributed by atoms with Crippen LogP contribution in [-0.2, 0) is 13.5 Å². The first-order valence-corrected chi connectivity index (χ1v) is 6.01. The van der Waals surface area contributed by atoms with Crippen molar-refractivity contribution in [1.29, 1.82) is 0 Å². The second kappa shape index (κ2) is 4.84. The Kier molecular flexibility index (Phi) is 3.43. The van der Waals surface area contributed by atoms with Crippen LogP contribution < -0.4 is 0 Å². The molecule has 4 nitrogen and oxygen atoms in total. The molecule has 0 saturated carbocycles. The van der Waals surface area contributed by atoms with Gasteiger partial charge in [-0.3, -0.25) is 4.68 Å². The van der Waals surface area contributed by atoms with Crippen molar-refractivity contribution < 1.29 is 0 Å². The number of hydrogen-bond acceptors (Lipinski definition) is 3. The minimum atomic E-state index is 0.530. The van der Waals surface area contributed by atoms with Gasteiger partial charge in [-0.05, 0) is 13.3 Å². The van der Waals surface area contributed by atoms with Crippen LogP contribution >= 0.6 is 11.6 Å². The fourth-order valence-corrected chi connectivity index (χ4v) is 1.88. The van der Waals surface area contributed by atoms with Crippen molar-refractivity contribution in [2.45, 2.75) is 26.7 Å². The molecule has 0 saturated heterocycles. The minimum absolute atomic E-state index is 0.530. The predicted octanol–water partition coefficient (Wildman–Crippen LogP) is 2.79. The average Bonchev–Trinajstić information content (AvgIpc) is 2.70. The summed E-state index contributed by atoms with van der Waals surface area (Å²) in [6.45, 7) is 4.03. The topological polar surface area (TPSA) is 43.6 Å². The molecule has 0 N–H and O–H groups in total. The maximum absolute atomic E-state index is 6.13. The number of rotatable bonds is 3. The SMILES string of the molecule is CCCc1nc(Cl)c(C)c(-c2cnn(C)c2)n1. The van der Waals surface area contributed by atoms with Gasteiger partial charge in [0.1, 0.15) is 11.0 Å². The fourth-order valence-electron chi connectivity index (χ4n) is 1.69. The van der Waals surface area contributed by atoms with Crippen LogP contribution in [0.15, 0.2) is 12.4 Å². The van der Waals surface area contributed by atoms with Gasteiger partial charge < -0.3 is 0 Å².